The zero-order chi connectivity index (χ0) is 17.1. The van der Waals surface area contributed by atoms with Crippen LogP contribution in [0.2, 0.25) is 0 Å². The van der Waals surface area contributed by atoms with Crippen LogP contribution < -0.4 is 10.4 Å². The Morgan fingerprint density at radius 3 is 2.39 bits per heavy atom. The molecule has 3 amide bonds. The second kappa shape index (κ2) is 6.47. The molecule has 1 aromatic carbocycles. The maximum atomic E-state index is 12.2. The number of anilines is 1. The maximum absolute atomic E-state index is 12.2. The fourth-order valence-corrected chi connectivity index (χ4v) is 2.08. The van der Waals surface area contributed by atoms with Gasteiger partial charge >= 0.3 is 5.97 Å². The van der Waals surface area contributed by atoms with E-state index in [1.807, 2.05) is 0 Å². The molecule has 1 aromatic rings. The summed E-state index contributed by atoms with van der Waals surface area (Å²) >= 11 is 0. The first-order chi connectivity index (χ1) is 10.8. The summed E-state index contributed by atoms with van der Waals surface area (Å²) in [6, 6.07) is 5.06. The van der Waals surface area contributed by atoms with Crippen molar-refractivity contribution >= 4 is 29.4 Å². The fraction of sp³-hybridized carbons (Fsp3) is 0.333. The Morgan fingerprint density at radius 1 is 1.22 bits per heavy atom. The third-order valence-corrected chi connectivity index (χ3v) is 3.68. The molecule has 0 spiro atoms. The van der Waals surface area contributed by atoms with E-state index >= 15 is 0 Å². The largest absolute Gasteiger partial charge is 0.480 e. The number of carboxylic acids is 1. The standard InChI is InChI=1S/C15H17N3O5/c1-9(15(22)23)17(2)14(21)10-3-5-11(6-4-10)18-13(20)8-7-12(19)16-18/h3-6,9H,7-8H2,1-2H3,(H,16,19)(H,22,23). The molecule has 0 bridgehead atoms. The van der Waals surface area contributed by atoms with Gasteiger partial charge in [0.05, 0.1) is 5.69 Å². The highest BCUT2D eigenvalue weighted by molar-refractivity contribution is 6.02. The second-order valence-corrected chi connectivity index (χ2v) is 5.24. The minimum atomic E-state index is -1.10. The fourth-order valence-electron chi connectivity index (χ4n) is 2.08. The number of carbonyl (C=O) groups excluding carboxylic acids is 3. The lowest BCUT2D eigenvalue weighted by molar-refractivity contribution is -0.141. The van der Waals surface area contributed by atoms with Crippen molar-refractivity contribution in [3.8, 4) is 0 Å². The van der Waals surface area contributed by atoms with Crippen LogP contribution in [0.1, 0.15) is 30.1 Å². The van der Waals surface area contributed by atoms with Crippen molar-refractivity contribution in [1.29, 1.82) is 0 Å². The van der Waals surface area contributed by atoms with E-state index in [1.54, 1.807) is 0 Å². The van der Waals surface area contributed by atoms with Gasteiger partial charge in [-0.2, -0.15) is 0 Å². The van der Waals surface area contributed by atoms with E-state index in [9.17, 15) is 19.2 Å². The first-order valence-corrected chi connectivity index (χ1v) is 7.03. The lowest BCUT2D eigenvalue weighted by atomic mass is 10.1. The highest BCUT2D eigenvalue weighted by Crippen LogP contribution is 2.18. The number of amides is 3. The molecule has 1 atom stereocenters. The number of carboxylic acid groups (broad SMARTS) is 1. The highest BCUT2D eigenvalue weighted by atomic mass is 16.4. The number of likely N-dealkylation sites (N-methyl/N-ethyl adjacent to an activating group) is 1. The van der Waals surface area contributed by atoms with Crippen LogP contribution in [0.25, 0.3) is 0 Å². The average molecular weight is 319 g/mol. The lowest BCUT2D eigenvalue weighted by Gasteiger charge is -2.27. The predicted molar refractivity (Wildman–Crippen MR) is 80.5 cm³/mol. The van der Waals surface area contributed by atoms with Gasteiger partial charge in [-0.1, -0.05) is 0 Å². The third-order valence-electron chi connectivity index (χ3n) is 3.68. The highest BCUT2D eigenvalue weighted by Gasteiger charge is 2.25. The molecule has 8 nitrogen and oxygen atoms in total. The number of hydrazine groups is 1. The molecular formula is C15H17N3O5. The van der Waals surface area contributed by atoms with Crippen LogP contribution in [0, 0.1) is 0 Å². The molecule has 8 heteroatoms. The Balaban J connectivity index is 2.16. The summed E-state index contributed by atoms with van der Waals surface area (Å²) in [6.07, 6.45) is 0.287. The number of carbonyl (C=O) groups is 4. The molecule has 0 saturated carbocycles. The van der Waals surface area contributed by atoms with Crippen LogP contribution in [0.15, 0.2) is 24.3 Å². The van der Waals surface area contributed by atoms with Crippen molar-refractivity contribution in [3.63, 3.8) is 0 Å². The summed E-state index contributed by atoms with van der Waals surface area (Å²) < 4.78 is 0. The Hall–Kier alpha value is -2.90. The minimum Gasteiger partial charge on any atom is -0.480 e. The zero-order valence-corrected chi connectivity index (χ0v) is 12.8. The number of nitrogens with zero attached hydrogens (tertiary/aromatic N) is 2. The van der Waals surface area contributed by atoms with Gasteiger partial charge in [-0.05, 0) is 31.2 Å². The first-order valence-electron chi connectivity index (χ1n) is 7.03. The van der Waals surface area contributed by atoms with E-state index in [1.165, 1.54) is 38.2 Å². The molecule has 1 heterocycles. The van der Waals surface area contributed by atoms with Crippen molar-refractivity contribution in [1.82, 2.24) is 10.3 Å². The van der Waals surface area contributed by atoms with Gasteiger partial charge in [0.1, 0.15) is 6.04 Å². The van der Waals surface area contributed by atoms with Crippen molar-refractivity contribution < 1.29 is 24.3 Å². The topological polar surface area (TPSA) is 107 Å². The summed E-state index contributed by atoms with van der Waals surface area (Å²) in [7, 11) is 1.41. The second-order valence-electron chi connectivity index (χ2n) is 5.24. The van der Waals surface area contributed by atoms with Crippen LogP contribution >= 0.6 is 0 Å². The number of hydrogen-bond donors (Lipinski definition) is 2. The van der Waals surface area contributed by atoms with Crippen molar-refractivity contribution in [3.05, 3.63) is 29.8 Å². The Bertz CT molecular complexity index is 656. The maximum Gasteiger partial charge on any atom is 0.326 e. The van der Waals surface area contributed by atoms with E-state index in [0.29, 0.717) is 11.3 Å². The summed E-state index contributed by atoms with van der Waals surface area (Å²) in [5, 5.41) is 10.1. The Kier molecular flexibility index (Phi) is 4.63. The molecule has 0 aliphatic carbocycles. The summed E-state index contributed by atoms with van der Waals surface area (Å²) in [6.45, 7) is 1.41. The molecule has 1 unspecified atom stereocenters. The van der Waals surface area contributed by atoms with Gasteiger partial charge in [-0.15, -0.1) is 0 Å². The molecule has 0 aromatic heterocycles. The molecular weight excluding hydrogens is 302 g/mol. The normalized spacial score (nSPS) is 15.8. The van der Waals surface area contributed by atoms with E-state index in [4.69, 9.17) is 5.11 Å². The summed E-state index contributed by atoms with van der Waals surface area (Å²) in [4.78, 5) is 47.4. The van der Waals surface area contributed by atoms with Gasteiger partial charge < -0.3 is 10.0 Å². The van der Waals surface area contributed by atoms with E-state index < -0.39 is 17.9 Å². The molecule has 2 N–H and O–H groups in total. The van der Waals surface area contributed by atoms with E-state index in [0.717, 1.165) is 9.91 Å². The quantitative estimate of drug-likeness (QED) is 0.835. The van der Waals surface area contributed by atoms with Gasteiger partial charge in [-0.25, -0.2) is 9.80 Å². The zero-order valence-electron chi connectivity index (χ0n) is 12.8. The molecule has 23 heavy (non-hydrogen) atoms. The third kappa shape index (κ3) is 3.47. The first kappa shape index (κ1) is 16.5. The van der Waals surface area contributed by atoms with Gasteiger partial charge in [0.2, 0.25) is 11.8 Å². The van der Waals surface area contributed by atoms with Gasteiger partial charge in [0.15, 0.2) is 0 Å². The van der Waals surface area contributed by atoms with E-state index in [2.05, 4.69) is 5.43 Å². The summed E-state index contributed by atoms with van der Waals surface area (Å²) in [5.74, 6) is -2.03. The van der Waals surface area contributed by atoms with Crippen molar-refractivity contribution in [2.45, 2.75) is 25.8 Å². The van der Waals surface area contributed by atoms with Crippen LogP contribution in [0.5, 0.6) is 0 Å². The molecule has 1 aliphatic rings. The molecule has 1 fully saturated rings. The Labute approximate surface area is 132 Å². The average Bonchev–Trinajstić information content (AvgIpc) is 2.55. The number of nitrogens with one attached hydrogen (secondary N) is 1. The molecule has 1 aliphatic heterocycles. The van der Waals surface area contributed by atoms with E-state index in [-0.39, 0.29) is 24.7 Å². The summed E-state index contributed by atoms with van der Waals surface area (Å²) in [5.41, 5.74) is 3.19. The number of hydrogen-bond acceptors (Lipinski definition) is 4. The number of rotatable bonds is 4. The van der Waals surface area contributed by atoms with Crippen LogP contribution in [-0.2, 0) is 14.4 Å². The Morgan fingerprint density at radius 2 is 1.83 bits per heavy atom. The van der Waals surface area contributed by atoms with Gasteiger partial charge in [0.25, 0.3) is 5.91 Å². The van der Waals surface area contributed by atoms with Gasteiger partial charge in [0, 0.05) is 25.5 Å². The molecule has 122 valence electrons. The number of aliphatic carboxylic acids is 1. The van der Waals surface area contributed by atoms with Crippen LogP contribution in [-0.4, -0.2) is 46.8 Å². The molecule has 0 radical (unpaired) electrons. The number of benzene rings is 1. The van der Waals surface area contributed by atoms with Crippen LogP contribution in [0.4, 0.5) is 5.69 Å². The van der Waals surface area contributed by atoms with Crippen molar-refractivity contribution in [2.75, 3.05) is 12.1 Å². The monoisotopic (exact) mass is 319 g/mol. The predicted octanol–water partition coefficient (Wildman–Crippen LogP) is 0.390. The molecule has 1 saturated heterocycles. The lowest BCUT2D eigenvalue weighted by Crippen LogP contribution is -2.50. The van der Waals surface area contributed by atoms with Gasteiger partial charge in [-0.3, -0.25) is 19.8 Å². The smallest absolute Gasteiger partial charge is 0.326 e. The molecule has 2 rings (SSSR count). The van der Waals surface area contributed by atoms with Crippen molar-refractivity contribution in [2.24, 2.45) is 0 Å². The minimum absolute atomic E-state index is 0.130. The van der Waals surface area contributed by atoms with Crippen LogP contribution in [0.3, 0.4) is 0 Å². The SMILES string of the molecule is CC(C(=O)O)N(C)C(=O)c1ccc(N2NC(=O)CCC2=O)cc1.